The molecule has 27 heavy (non-hydrogen) atoms. The Hall–Kier alpha value is -4.00. The molecule has 0 aliphatic carbocycles. The highest BCUT2D eigenvalue weighted by molar-refractivity contribution is 6.03. The molecular formula is C20H15N5O2. The van der Waals surface area contributed by atoms with Gasteiger partial charge >= 0.3 is 0 Å². The number of rotatable bonds is 5. The van der Waals surface area contributed by atoms with Crippen LogP contribution >= 0.6 is 0 Å². The zero-order chi connectivity index (χ0) is 18.5. The fourth-order valence-electron chi connectivity index (χ4n) is 2.43. The molecule has 0 radical (unpaired) electrons. The molecular weight excluding hydrogens is 342 g/mol. The molecule has 4 rings (SSSR count). The van der Waals surface area contributed by atoms with Crippen LogP contribution < -0.4 is 10.1 Å². The van der Waals surface area contributed by atoms with Crippen molar-refractivity contribution < 1.29 is 9.53 Å². The Kier molecular flexibility index (Phi) is 4.57. The molecule has 0 atom stereocenters. The number of amides is 1. The van der Waals surface area contributed by atoms with Gasteiger partial charge in [-0.1, -0.05) is 18.2 Å². The average molecular weight is 357 g/mol. The lowest BCUT2D eigenvalue weighted by molar-refractivity contribution is 0.102. The normalized spacial score (nSPS) is 10.4. The highest BCUT2D eigenvalue weighted by atomic mass is 16.5. The Morgan fingerprint density at radius 3 is 2.44 bits per heavy atom. The van der Waals surface area contributed by atoms with Crippen molar-refractivity contribution in [2.24, 2.45) is 0 Å². The number of hydrogen-bond donors (Lipinski definition) is 1. The van der Waals surface area contributed by atoms with Crippen LogP contribution in [-0.4, -0.2) is 25.7 Å². The summed E-state index contributed by atoms with van der Waals surface area (Å²) in [7, 11) is 0. The SMILES string of the molecule is O=C(Nc1cc(-n2cccn2)ncn1)c1ccc(Oc2ccccc2)cc1. The van der Waals surface area contributed by atoms with Crippen molar-refractivity contribution >= 4 is 11.7 Å². The third-order valence-corrected chi connectivity index (χ3v) is 3.73. The van der Waals surface area contributed by atoms with E-state index in [1.165, 1.54) is 6.33 Å². The van der Waals surface area contributed by atoms with Crippen LogP contribution in [-0.2, 0) is 0 Å². The smallest absolute Gasteiger partial charge is 0.256 e. The van der Waals surface area contributed by atoms with Crippen molar-refractivity contribution in [2.75, 3.05) is 5.32 Å². The van der Waals surface area contributed by atoms with Crippen LogP contribution in [0.1, 0.15) is 10.4 Å². The Bertz CT molecular complexity index is 1030. The van der Waals surface area contributed by atoms with Gasteiger partial charge in [0.05, 0.1) is 0 Å². The summed E-state index contributed by atoms with van der Waals surface area (Å²) < 4.78 is 7.32. The van der Waals surface area contributed by atoms with Crippen molar-refractivity contribution in [2.45, 2.75) is 0 Å². The average Bonchev–Trinajstić information content (AvgIpc) is 3.24. The number of carbonyl (C=O) groups is 1. The summed E-state index contributed by atoms with van der Waals surface area (Å²) >= 11 is 0. The second-order valence-corrected chi connectivity index (χ2v) is 5.61. The Morgan fingerprint density at radius 2 is 1.70 bits per heavy atom. The third kappa shape index (κ3) is 3.98. The molecule has 0 aliphatic rings. The Morgan fingerprint density at radius 1 is 0.926 bits per heavy atom. The number of aromatic nitrogens is 4. The molecule has 0 spiro atoms. The first-order chi connectivity index (χ1) is 13.3. The minimum absolute atomic E-state index is 0.272. The highest BCUT2D eigenvalue weighted by Gasteiger charge is 2.09. The molecule has 7 heteroatoms. The van der Waals surface area contributed by atoms with Crippen molar-refractivity contribution in [1.82, 2.24) is 19.7 Å². The van der Waals surface area contributed by atoms with E-state index in [-0.39, 0.29) is 5.91 Å². The Balaban J connectivity index is 1.45. The molecule has 0 fully saturated rings. The van der Waals surface area contributed by atoms with E-state index in [0.717, 1.165) is 5.75 Å². The molecule has 0 bridgehead atoms. The topological polar surface area (TPSA) is 81.9 Å². The van der Waals surface area contributed by atoms with Gasteiger partial charge < -0.3 is 10.1 Å². The monoisotopic (exact) mass is 357 g/mol. The molecule has 4 aromatic rings. The molecule has 2 aromatic heterocycles. The number of carbonyl (C=O) groups excluding carboxylic acids is 1. The minimum atomic E-state index is -0.272. The van der Waals surface area contributed by atoms with Gasteiger partial charge in [0.1, 0.15) is 23.6 Å². The van der Waals surface area contributed by atoms with Gasteiger partial charge in [0.25, 0.3) is 5.91 Å². The summed E-state index contributed by atoms with van der Waals surface area (Å²) in [5.74, 6) is 2.08. The van der Waals surface area contributed by atoms with Gasteiger partial charge in [0, 0.05) is 24.0 Å². The van der Waals surface area contributed by atoms with Crippen LogP contribution in [0.2, 0.25) is 0 Å². The largest absolute Gasteiger partial charge is 0.457 e. The van der Waals surface area contributed by atoms with Gasteiger partial charge in [-0.15, -0.1) is 0 Å². The predicted octanol–water partition coefficient (Wildman–Crippen LogP) is 3.71. The summed E-state index contributed by atoms with van der Waals surface area (Å²) in [5, 5.41) is 6.87. The van der Waals surface area contributed by atoms with Crippen LogP contribution in [0.4, 0.5) is 5.82 Å². The zero-order valence-electron chi connectivity index (χ0n) is 14.2. The van der Waals surface area contributed by atoms with E-state index in [1.807, 2.05) is 30.3 Å². The second-order valence-electron chi connectivity index (χ2n) is 5.61. The number of para-hydroxylation sites is 1. The van der Waals surface area contributed by atoms with Crippen molar-refractivity contribution in [3.63, 3.8) is 0 Å². The summed E-state index contributed by atoms with van der Waals surface area (Å²) in [6, 6.07) is 19.8. The third-order valence-electron chi connectivity index (χ3n) is 3.73. The maximum atomic E-state index is 12.4. The molecule has 1 N–H and O–H groups in total. The van der Waals surface area contributed by atoms with Gasteiger partial charge in [-0.3, -0.25) is 4.79 Å². The van der Waals surface area contributed by atoms with E-state index >= 15 is 0 Å². The first-order valence-electron chi connectivity index (χ1n) is 8.24. The van der Waals surface area contributed by atoms with Gasteiger partial charge in [-0.2, -0.15) is 5.10 Å². The van der Waals surface area contributed by atoms with E-state index in [4.69, 9.17) is 4.74 Å². The highest BCUT2D eigenvalue weighted by Crippen LogP contribution is 2.21. The van der Waals surface area contributed by atoms with Crippen molar-refractivity contribution in [3.05, 3.63) is 91.0 Å². The standard InChI is InChI=1S/C20H15N5O2/c26-20(24-18-13-19(22-14-21-18)25-12-4-11-23-25)15-7-9-17(10-8-15)27-16-5-2-1-3-6-16/h1-14H,(H,21,22,24,26). The lowest BCUT2D eigenvalue weighted by atomic mass is 10.2. The summed E-state index contributed by atoms with van der Waals surface area (Å²) in [6.07, 6.45) is 4.79. The molecule has 1 amide bonds. The van der Waals surface area contributed by atoms with Crippen LogP contribution in [0, 0.1) is 0 Å². The lowest BCUT2D eigenvalue weighted by Gasteiger charge is -2.08. The maximum Gasteiger partial charge on any atom is 0.256 e. The fraction of sp³-hybridized carbons (Fsp3) is 0. The van der Waals surface area contributed by atoms with Crippen LogP contribution in [0.5, 0.6) is 11.5 Å². The van der Waals surface area contributed by atoms with Crippen LogP contribution in [0.25, 0.3) is 5.82 Å². The van der Waals surface area contributed by atoms with E-state index < -0.39 is 0 Å². The number of nitrogens with zero attached hydrogens (tertiary/aromatic N) is 4. The first kappa shape index (κ1) is 16.5. The van der Waals surface area contributed by atoms with Crippen molar-refractivity contribution in [3.8, 4) is 17.3 Å². The van der Waals surface area contributed by atoms with E-state index in [0.29, 0.717) is 22.9 Å². The summed E-state index contributed by atoms with van der Waals surface area (Å²) in [6.45, 7) is 0. The van der Waals surface area contributed by atoms with Crippen molar-refractivity contribution in [1.29, 1.82) is 0 Å². The van der Waals surface area contributed by atoms with Gasteiger partial charge in [0.15, 0.2) is 5.82 Å². The number of nitrogens with one attached hydrogen (secondary N) is 1. The van der Waals surface area contributed by atoms with E-state index in [9.17, 15) is 4.79 Å². The molecule has 132 valence electrons. The quantitative estimate of drug-likeness (QED) is 0.589. The van der Waals surface area contributed by atoms with Crippen LogP contribution in [0.15, 0.2) is 85.5 Å². The zero-order valence-corrected chi connectivity index (χ0v) is 14.2. The number of anilines is 1. The number of benzene rings is 2. The fourth-order valence-corrected chi connectivity index (χ4v) is 2.43. The van der Waals surface area contributed by atoms with Gasteiger partial charge in [0.2, 0.25) is 0 Å². The summed E-state index contributed by atoms with van der Waals surface area (Å²) in [4.78, 5) is 20.7. The minimum Gasteiger partial charge on any atom is -0.457 e. The molecule has 7 nitrogen and oxygen atoms in total. The molecule has 2 heterocycles. The van der Waals surface area contributed by atoms with E-state index in [2.05, 4.69) is 20.4 Å². The Labute approximate surface area is 155 Å². The van der Waals surface area contributed by atoms with E-state index in [1.54, 1.807) is 53.5 Å². The van der Waals surface area contributed by atoms with Crippen LogP contribution in [0.3, 0.4) is 0 Å². The molecule has 0 saturated carbocycles. The molecule has 0 unspecified atom stereocenters. The second kappa shape index (κ2) is 7.49. The number of ether oxygens (including phenoxy) is 1. The van der Waals surface area contributed by atoms with Gasteiger partial charge in [-0.05, 0) is 42.5 Å². The summed E-state index contributed by atoms with van der Waals surface area (Å²) in [5.41, 5.74) is 0.495. The molecule has 0 aliphatic heterocycles. The van der Waals surface area contributed by atoms with Gasteiger partial charge in [-0.25, -0.2) is 14.6 Å². The lowest BCUT2D eigenvalue weighted by Crippen LogP contribution is -2.13. The first-order valence-corrected chi connectivity index (χ1v) is 8.24. The maximum absolute atomic E-state index is 12.4. The number of hydrogen-bond acceptors (Lipinski definition) is 5. The molecule has 2 aromatic carbocycles. The molecule has 0 saturated heterocycles. The predicted molar refractivity (Wildman–Crippen MR) is 100 cm³/mol.